The molecule has 0 N–H and O–H groups in total. The molecule has 0 radical (unpaired) electrons. The molecule has 0 atom stereocenters. The molecule has 2 fully saturated rings. The molecule has 0 aromatic heterocycles. The van der Waals surface area contributed by atoms with Crippen LogP contribution in [0, 0.1) is 0 Å². The first-order chi connectivity index (χ1) is 17.9. The average Bonchev–Trinajstić information content (AvgIpc) is 2.95. The van der Waals surface area contributed by atoms with Gasteiger partial charge in [-0.1, -0.05) is 78.7 Å². The van der Waals surface area contributed by atoms with E-state index in [9.17, 15) is 13.2 Å². The monoisotopic (exact) mass is 537 g/mol. The Balaban J connectivity index is 1.32. The van der Waals surface area contributed by atoms with Gasteiger partial charge in [-0.2, -0.15) is 4.31 Å². The number of benzene rings is 3. The van der Waals surface area contributed by atoms with Gasteiger partial charge in [0.25, 0.3) is 5.91 Å². The summed E-state index contributed by atoms with van der Waals surface area (Å²) < 4.78 is 28.0. The van der Waals surface area contributed by atoms with E-state index in [0.717, 1.165) is 19.3 Å². The van der Waals surface area contributed by atoms with E-state index in [1.54, 1.807) is 6.07 Å². The maximum atomic E-state index is 13.4. The molecule has 0 aliphatic carbocycles. The number of sulfonamides is 1. The van der Waals surface area contributed by atoms with Crippen molar-refractivity contribution in [1.82, 2.24) is 14.1 Å². The molecule has 5 rings (SSSR count). The summed E-state index contributed by atoms with van der Waals surface area (Å²) >= 11 is 6.32. The fraction of sp³-hybridized carbons (Fsp3) is 0.345. The summed E-state index contributed by atoms with van der Waals surface area (Å²) in [5, 5.41) is 0.153. The topological polar surface area (TPSA) is 60.9 Å². The SMILES string of the molecule is O=C(c1ccc(Cl)c(S(=O)(=O)N2CCCCC2)c1)N1CCN(C(c2ccccc2)c2ccccc2)CC1. The van der Waals surface area contributed by atoms with Crippen LogP contribution in [0.25, 0.3) is 0 Å². The maximum absolute atomic E-state index is 13.4. The van der Waals surface area contributed by atoms with Gasteiger partial charge in [-0.3, -0.25) is 9.69 Å². The number of rotatable bonds is 6. The number of nitrogens with zero attached hydrogens (tertiary/aromatic N) is 3. The number of amides is 1. The quantitative estimate of drug-likeness (QED) is 0.441. The van der Waals surface area contributed by atoms with Crippen LogP contribution >= 0.6 is 11.6 Å². The van der Waals surface area contributed by atoms with Crippen molar-refractivity contribution in [2.45, 2.75) is 30.2 Å². The molecule has 3 aromatic carbocycles. The van der Waals surface area contributed by atoms with E-state index < -0.39 is 10.0 Å². The summed E-state index contributed by atoms with van der Waals surface area (Å²) in [5.74, 6) is -0.164. The first-order valence-electron chi connectivity index (χ1n) is 12.9. The first kappa shape index (κ1) is 25.9. The van der Waals surface area contributed by atoms with Gasteiger partial charge in [-0.25, -0.2) is 8.42 Å². The molecule has 8 heteroatoms. The second-order valence-electron chi connectivity index (χ2n) is 9.66. The van der Waals surface area contributed by atoms with Crippen molar-refractivity contribution in [1.29, 1.82) is 0 Å². The van der Waals surface area contributed by atoms with E-state index in [1.807, 2.05) is 17.0 Å². The van der Waals surface area contributed by atoms with Gasteiger partial charge in [-0.05, 0) is 42.2 Å². The van der Waals surface area contributed by atoms with E-state index >= 15 is 0 Å². The number of carbonyl (C=O) groups excluding carboxylic acids is 1. The second-order valence-corrected chi connectivity index (χ2v) is 12.0. The zero-order valence-corrected chi connectivity index (χ0v) is 22.4. The number of hydrogen-bond donors (Lipinski definition) is 0. The third-order valence-electron chi connectivity index (χ3n) is 7.31. The van der Waals surface area contributed by atoms with Gasteiger partial charge < -0.3 is 4.90 Å². The van der Waals surface area contributed by atoms with Crippen LogP contribution in [0.4, 0.5) is 0 Å². The van der Waals surface area contributed by atoms with Crippen LogP contribution in [0.5, 0.6) is 0 Å². The van der Waals surface area contributed by atoms with Gasteiger partial charge in [0.05, 0.1) is 11.1 Å². The lowest BCUT2D eigenvalue weighted by atomic mass is 9.96. The van der Waals surface area contributed by atoms with Crippen molar-refractivity contribution in [2.24, 2.45) is 0 Å². The highest BCUT2D eigenvalue weighted by Crippen LogP contribution is 2.31. The smallest absolute Gasteiger partial charge is 0.253 e. The lowest BCUT2D eigenvalue weighted by Crippen LogP contribution is -2.49. The Hall–Kier alpha value is -2.71. The van der Waals surface area contributed by atoms with Crippen LogP contribution in [-0.4, -0.2) is 67.7 Å². The van der Waals surface area contributed by atoms with Crippen molar-refractivity contribution < 1.29 is 13.2 Å². The van der Waals surface area contributed by atoms with Crippen molar-refractivity contribution in [3.63, 3.8) is 0 Å². The fourth-order valence-corrected chi connectivity index (χ4v) is 7.35. The number of carbonyl (C=O) groups is 1. The largest absolute Gasteiger partial charge is 0.336 e. The predicted octanol–water partition coefficient (Wildman–Crippen LogP) is 5.06. The zero-order valence-electron chi connectivity index (χ0n) is 20.8. The van der Waals surface area contributed by atoms with E-state index in [1.165, 1.54) is 27.6 Å². The Kier molecular flexibility index (Phi) is 7.95. The molecule has 2 aliphatic heterocycles. The van der Waals surface area contributed by atoms with Crippen molar-refractivity contribution in [3.05, 3.63) is 101 Å². The van der Waals surface area contributed by atoms with E-state index in [4.69, 9.17) is 11.6 Å². The molecule has 3 aromatic rings. The number of hydrogen-bond acceptors (Lipinski definition) is 4. The molecular formula is C29H32ClN3O3S. The van der Waals surface area contributed by atoms with Gasteiger partial charge in [0.1, 0.15) is 4.90 Å². The molecule has 0 spiro atoms. The van der Waals surface area contributed by atoms with Crippen LogP contribution < -0.4 is 0 Å². The minimum absolute atomic E-state index is 0.0220. The summed E-state index contributed by atoms with van der Waals surface area (Å²) in [6, 6.07) is 25.6. The summed E-state index contributed by atoms with van der Waals surface area (Å²) in [6.45, 7) is 3.53. The van der Waals surface area contributed by atoms with Crippen LogP contribution in [0.2, 0.25) is 5.02 Å². The Morgan fingerprint density at radius 2 is 1.30 bits per heavy atom. The standard InChI is InChI=1S/C29H32ClN3O3S/c30-26-15-14-25(22-27(26)37(35,36)33-16-8-3-9-17-33)29(34)32-20-18-31(19-21-32)28(23-10-4-1-5-11-23)24-12-6-2-7-13-24/h1-2,4-7,10-15,22,28H,3,8-9,16-21H2. The molecule has 0 saturated carbocycles. The molecule has 6 nitrogen and oxygen atoms in total. The third-order valence-corrected chi connectivity index (χ3v) is 9.69. The minimum atomic E-state index is -3.74. The van der Waals surface area contributed by atoms with Gasteiger partial charge in [0.2, 0.25) is 10.0 Å². The van der Waals surface area contributed by atoms with E-state index in [-0.39, 0.29) is 21.9 Å². The van der Waals surface area contributed by atoms with Crippen molar-refractivity contribution >= 4 is 27.5 Å². The lowest BCUT2D eigenvalue weighted by Gasteiger charge is -2.40. The number of piperidine rings is 1. The molecule has 2 heterocycles. The summed E-state index contributed by atoms with van der Waals surface area (Å²) in [4.78, 5) is 17.7. The number of piperazine rings is 1. The van der Waals surface area contributed by atoms with Gasteiger partial charge in [0, 0.05) is 44.8 Å². The van der Waals surface area contributed by atoms with E-state index in [0.29, 0.717) is 44.8 Å². The summed E-state index contributed by atoms with van der Waals surface area (Å²) in [7, 11) is -3.74. The summed E-state index contributed by atoms with van der Waals surface area (Å²) in [6.07, 6.45) is 2.71. The number of halogens is 1. The van der Waals surface area contributed by atoms with Crippen LogP contribution in [-0.2, 0) is 10.0 Å². The second kappa shape index (κ2) is 11.4. The lowest BCUT2D eigenvalue weighted by molar-refractivity contribution is 0.0597. The molecule has 2 saturated heterocycles. The van der Waals surface area contributed by atoms with Gasteiger partial charge >= 0.3 is 0 Å². The fourth-order valence-electron chi connectivity index (χ4n) is 5.33. The average molecular weight is 538 g/mol. The Morgan fingerprint density at radius 1 is 0.730 bits per heavy atom. The minimum Gasteiger partial charge on any atom is -0.336 e. The molecule has 194 valence electrons. The Bertz CT molecular complexity index is 1280. The van der Waals surface area contributed by atoms with Crippen molar-refractivity contribution in [2.75, 3.05) is 39.3 Å². The molecule has 2 aliphatic rings. The van der Waals surface area contributed by atoms with E-state index in [2.05, 4.69) is 53.4 Å². The molecule has 0 unspecified atom stereocenters. The van der Waals surface area contributed by atoms with Gasteiger partial charge in [0.15, 0.2) is 0 Å². The first-order valence-corrected chi connectivity index (χ1v) is 14.7. The summed E-state index contributed by atoms with van der Waals surface area (Å²) in [5.41, 5.74) is 2.80. The zero-order chi connectivity index (χ0) is 25.8. The van der Waals surface area contributed by atoms with Crippen molar-refractivity contribution in [3.8, 4) is 0 Å². The van der Waals surface area contributed by atoms with Gasteiger partial charge in [-0.15, -0.1) is 0 Å². The Morgan fingerprint density at radius 3 is 1.86 bits per heavy atom. The van der Waals surface area contributed by atoms with Crippen LogP contribution in [0.15, 0.2) is 83.8 Å². The van der Waals surface area contributed by atoms with Crippen LogP contribution in [0.1, 0.15) is 46.8 Å². The molecular weight excluding hydrogens is 506 g/mol. The Labute approximate surface area is 224 Å². The normalized spacial score (nSPS) is 17.7. The molecule has 1 amide bonds. The molecule has 37 heavy (non-hydrogen) atoms. The highest BCUT2D eigenvalue weighted by atomic mass is 35.5. The highest BCUT2D eigenvalue weighted by molar-refractivity contribution is 7.89. The predicted molar refractivity (Wildman–Crippen MR) is 146 cm³/mol. The third kappa shape index (κ3) is 5.60. The molecule has 0 bridgehead atoms. The highest BCUT2D eigenvalue weighted by Gasteiger charge is 2.31. The maximum Gasteiger partial charge on any atom is 0.253 e. The van der Waals surface area contributed by atoms with Crippen LogP contribution in [0.3, 0.4) is 0 Å².